The first-order valence-electron chi connectivity index (χ1n) is 11.0. The molecule has 0 saturated heterocycles. The highest BCUT2D eigenvalue weighted by atomic mass is 16.5. The fourth-order valence-corrected chi connectivity index (χ4v) is 3.23. The summed E-state index contributed by atoms with van der Waals surface area (Å²) >= 11 is 0. The van der Waals surface area contributed by atoms with Crippen LogP contribution in [-0.4, -0.2) is 49.7 Å². The summed E-state index contributed by atoms with van der Waals surface area (Å²) in [7, 11) is 0. The molecule has 1 heterocycles. The highest BCUT2D eigenvalue weighted by molar-refractivity contribution is 6.19. The number of carbonyl (C=O) groups excluding carboxylic acids is 2. The van der Waals surface area contributed by atoms with E-state index < -0.39 is 11.8 Å². The zero-order valence-corrected chi connectivity index (χ0v) is 19.6. The van der Waals surface area contributed by atoms with Crippen molar-refractivity contribution in [2.24, 2.45) is 5.92 Å². The predicted molar refractivity (Wildman–Crippen MR) is 122 cm³/mol. The van der Waals surface area contributed by atoms with Crippen molar-refractivity contribution >= 4 is 17.9 Å². The first-order valence-corrected chi connectivity index (χ1v) is 11.0. The molecule has 0 saturated carbocycles. The second kappa shape index (κ2) is 12.1. The summed E-state index contributed by atoms with van der Waals surface area (Å²) in [5.41, 5.74) is 1.39. The van der Waals surface area contributed by atoms with E-state index in [0.29, 0.717) is 67.0 Å². The number of benzene rings is 1. The van der Waals surface area contributed by atoms with Crippen molar-refractivity contribution in [1.82, 2.24) is 4.90 Å². The molecule has 0 bridgehead atoms. The maximum Gasteiger partial charge on any atom is 0.271 e. The van der Waals surface area contributed by atoms with Gasteiger partial charge in [0, 0.05) is 25.3 Å². The highest BCUT2D eigenvalue weighted by Crippen LogP contribution is 2.32. The van der Waals surface area contributed by atoms with E-state index in [0.717, 1.165) is 4.90 Å². The summed E-state index contributed by atoms with van der Waals surface area (Å²) in [6, 6.07) is 7.39. The van der Waals surface area contributed by atoms with Gasteiger partial charge in [-0.15, -0.1) is 0 Å². The van der Waals surface area contributed by atoms with Crippen LogP contribution in [0, 0.1) is 17.2 Å². The number of nitrogens with zero attached hydrogens (tertiary/aromatic N) is 2. The molecule has 1 aliphatic rings. The van der Waals surface area contributed by atoms with E-state index in [4.69, 9.17) is 14.2 Å². The van der Waals surface area contributed by atoms with Crippen LogP contribution in [0.25, 0.3) is 6.08 Å². The maximum absolute atomic E-state index is 13.1. The second-order valence-electron chi connectivity index (χ2n) is 7.83. The number of rotatable bonds is 11. The van der Waals surface area contributed by atoms with E-state index in [9.17, 15) is 14.9 Å². The van der Waals surface area contributed by atoms with Crippen molar-refractivity contribution in [2.75, 3.05) is 33.0 Å². The summed E-state index contributed by atoms with van der Waals surface area (Å²) in [5, 5.41) is 9.53. The van der Waals surface area contributed by atoms with Gasteiger partial charge >= 0.3 is 0 Å². The molecule has 32 heavy (non-hydrogen) atoms. The number of ether oxygens (including phenoxy) is 3. The lowest BCUT2D eigenvalue weighted by molar-refractivity contribution is -0.140. The van der Waals surface area contributed by atoms with Crippen molar-refractivity contribution in [3.63, 3.8) is 0 Å². The molecule has 0 fully saturated rings. The van der Waals surface area contributed by atoms with Gasteiger partial charge in [0.1, 0.15) is 11.6 Å². The van der Waals surface area contributed by atoms with Crippen molar-refractivity contribution < 1.29 is 23.8 Å². The lowest BCUT2D eigenvalue weighted by atomic mass is 9.93. The van der Waals surface area contributed by atoms with Gasteiger partial charge in [-0.25, -0.2) is 0 Å². The normalized spacial score (nSPS) is 15.5. The molecular formula is C25H32N2O5. The molecule has 1 aromatic rings. The van der Waals surface area contributed by atoms with E-state index in [-0.39, 0.29) is 12.1 Å². The first kappa shape index (κ1) is 25.2. The summed E-state index contributed by atoms with van der Waals surface area (Å²) in [6.45, 7) is 11.8. The number of nitriles is 1. The zero-order valence-electron chi connectivity index (χ0n) is 19.6. The molecule has 7 nitrogen and oxygen atoms in total. The van der Waals surface area contributed by atoms with Crippen molar-refractivity contribution in [3.8, 4) is 17.6 Å². The number of hydrogen-bond acceptors (Lipinski definition) is 6. The Morgan fingerprint density at radius 2 is 1.84 bits per heavy atom. The third kappa shape index (κ3) is 6.21. The van der Waals surface area contributed by atoms with Gasteiger partial charge in [0.05, 0.1) is 13.2 Å². The van der Waals surface area contributed by atoms with Gasteiger partial charge in [-0.3, -0.25) is 14.5 Å². The topological polar surface area (TPSA) is 88.9 Å². The number of hydrogen-bond donors (Lipinski definition) is 0. The standard InChI is InChI=1S/C25H32N2O5/c1-6-30-12-8-11-27-24(28)20(18(5)21(15-26)25(27)29)13-19-9-10-22(32-16-17(3)4)23(14-19)31-7-2/h9-10,13-14,17H,6-8,11-12,16H2,1-5H3/b20-13+. The van der Waals surface area contributed by atoms with E-state index in [1.54, 1.807) is 19.1 Å². The summed E-state index contributed by atoms with van der Waals surface area (Å²) in [6.07, 6.45) is 2.19. The van der Waals surface area contributed by atoms with Crippen LogP contribution in [0.4, 0.5) is 0 Å². The zero-order chi connectivity index (χ0) is 23.7. The van der Waals surface area contributed by atoms with Gasteiger partial charge in [0.2, 0.25) is 0 Å². The molecule has 0 aromatic heterocycles. The first-order chi connectivity index (χ1) is 15.3. The average Bonchev–Trinajstić information content (AvgIpc) is 2.76. The number of carbonyl (C=O) groups is 2. The Morgan fingerprint density at radius 1 is 1.09 bits per heavy atom. The second-order valence-corrected chi connectivity index (χ2v) is 7.83. The van der Waals surface area contributed by atoms with Crippen LogP contribution in [0.2, 0.25) is 0 Å². The van der Waals surface area contributed by atoms with Gasteiger partial charge in [0.25, 0.3) is 11.8 Å². The van der Waals surface area contributed by atoms with E-state index in [1.807, 2.05) is 32.0 Å². The molecule has 1 aliphatic heterocycles. The Balaban J connectivity index is 2.40. The van der Waals surface area contributed by atoms with Gasteiger partial charge in [-0.05, 0) is 62.5 Å². The largest absolute Gasteiger partial charge is 0.490 e. The Bertz CT molecular complexity index is 940. The molecule has 2 rings (SSSR count). The van der Waals surface area contributed by atoms with E-state index >= 15 is 0 Å². The van der Waals surface area contributed by atoms with Crippen LogP contribution in [0.3, 0.4) is 0 Å². The quantitative estimate of drug-likeness (QED) is 0.292. The smallest absolute Gasteiger partial charge is 0.271 e. The average molecular weight is 441 g/mol. The number of imide groups is 1. The van der Waals surface area contributed by atoms with Gasteiger partial charge in [0.15, 0.2) is 11.5 Å². The van der Waals surface area contributed by atoms with E-state index in [2.05, 4.69) is 13.8 Å². The molecular weight excluding hydrogens is 408 g/mol. The Kier molecular flexibility index (Phi) is 9.48. The maximum atomic E-state index is 13.1. The molecule has 1 aromatic carbocycles. The number of amides is 2. The summed E-state index contributed by atoms with van der Waals surface area (Å²) in [4.78, 5) is 26.9. The Hall–Kier alpha value is -3.11. The van der Waals surface area contributed by atoms with Gasteiger partial charge < -0.3 is 14.2 Å². The minimum atomic E-state index is -0.559. The monoisotopic (exact) mass is 440 g/mol. The highest BCUT2D eigenvalue weighted by Gasteiger charge is 2.35. The molecule has 0 spiro atoms. The molecule has 0 atom stereocenters. The lowest BCUT2D eigenvalue weighted by Gasteiger charge is -2.27. The summed E-state index contributed by atoms with van der Waals surface area (Å²) in [5.74, 6) is 0.611. The predicted octanol–water partition coefficient (Wildman–Crippen LogP) is 4.14. The molecule has 172 valence electrons. The van der Waals surface area contributed by atoms with Crippen LogP contribution in [0.5, 0.6) is 11.5 Å². The van der Waals surface area contributed by atoms with Crippen LogP contribution in [0.1, 0.15) is 46.6 Å². The third-order valence-electron chi connectivity index (χ3n) is 4.85. The Morgan fingerprint density at radius 3 is 2.47 bits per heavy atom. The molecule has 0 unspecified atom stereocenters. The molecule has 0 N–H and O–H groups in total. The van der Waals surface area contributed by atoms with Crippen LogP contribution >= 0.6 is 0 Å². The van der Waals surface area contributed by atoms with Gasteiger partial charge in [-0.1, -0.05) is 19.9 Å². The van der Waals surface area contributed by atoms with E-state index in [1.165, 1.54) is 0 Å². The summed E-state index contributed by atoms with van der Waals surface area (Å²) < 4.78 is 16.9. The lowest BCUT2D eigenvalue weighted by Crippen LogP contribution is -2.43. The minimum Gasteiger partial charge on any atom is -0.490 e. The Labute approximate surface area is 190 Å². The van der Waals surface area contributed by atoms with Crippen molar-refractivity contribution in [3.05, 3.63) is 40.5 Å². The SMILES string of the molecule is CCOCCCN1C(=O)C(C#N)=C(C)/C(=C\c2ccc(OCC(C)C)c(OCC)c2)C1=O. The third-order valence-corrected chi connectivity index (χ3v) is 4.85. The molecule has 0 radical (unpaired) electrons. The fraction of sp³-hybridized carbons (Fsp3) is 0.480. The minimum absolute atomic E-state index is 0.0193. The molecule has 2 amide bonds. The van der Waals surface area contributed by atoms with Gasteiger partial charge in [-0.2, -0.15) is 5.26 Å². The van der Waals surface area contributed by atoms with Crippen molar-refractivity contribution in [1.29, 1.82) is 5.26 Å². The fourth-order valence-electron chi connectivity index (χ4n) is 3.23. The van der Waals surface area contributed by atoms with Crippen LogP contribution in [-0.2, 0) is 14.3 Å². The van der Waals surface area contributed by atoms with Crippen LogP contribution < -0.4 is 9.47 Å². The molecule has 7 heteroatoms. The van der Waals surface area contributed by atoms with Crippen molar-refractivity contribution in [2.45, 2.75) is 41.0 Å². The van der Waals surface area contributed by atoms with Crippen LogP contribution in [0.15, 0.2) is 34.9 Å². The molecule has 0 aliphatic carbocycles.